The third-order valence-corrected chi connectivity index (χ3v) is 5.26. The molecule has 0 saturated carbocycles. The molecule has 1 unspecified atom stereocenters. The van der Waals surface area contributed by atoms with Crippen LogP contribution in [0, 0.1) is 10.5 Å². The first-order valence-electron chi connectivity index (χ1n) is 6.97. The first-order valence-corrected chi connectivity index (χ1v) is 8.05. The second kappa shape index (κ2) is 6.12. The fourth-order valence-corrected chi connectivity index (χ4v) is 3.34. The number of pyridine rings is 1. The first kappa shape index (κ1) is 14.5. The van der Waals surface area contributed by atoms with E-state index in [4.69, 9.17) is 0 Å². The van der Waals surface area contributed by atoms with Crippen LogP contribution in [-0.4, -0.2) is 12.0 Å². The molecule has 106 valence electrons. The molecule has 0 spiro atoms. The van der Waals surface area contributed by atoms with Crippen LogP contribution in [0.25, 0.3) is 10.9 Å². The Morgan fingerprint density at radius 2 is 1.95 bits per heavy atom. The predicted octanol–water partition coefficient (Wildman–Crippen LogP) is 4.46. The van der Waals surface area contributed by atoms with Crippen LogP contribution in [0.1, 0.15) is 22.7 Å². The van der Waals surface area contributed by atoms with E-state index in [9.17, 15) is 0 Å². The van der Waals surface area contributed by atoms with Gasteiger partial charge in [0.15, 0.2) is 0 Å². The number of aryl methyl sites for hydroxylation is 1. The molecule has 2 aromatic carbocycles. The molecule has 2 nitrogen and oxygen atoms in total. The number of halogens is 1. The highest BCUT2D eigenvalue weighted by Crippen LogP contribution is 2.29. The van der Waals surface area contributed by atoms with Crippen LogP contribution in [0.15, 0.2) is 54.7 Å². The van der Waals surface area contributed by atoms with Gasteiger partial charge in [-0.1, -0.05) is 30.3 Å². The van der Waals surface area contributed by atoms with Crippen LogP contribution >= 0.6 is 22.6 Å². The van der Waals surface area contributed by atoms with Crippen molar-refractivity contribution in [2.75, 3.05) is 7.05 Å². The van der Waals surface area contributed by atoms with Crippen molar-refractivity contribution in [3.8, 4) is 0 Å². The molecule has 0 radical (unpaired) electrons. The van der Waals surface area contributed by atoms with E-state index in [0.29, 0.717) is 0 Å². The highest BCUT2D eigenvalue weighted by Gasteiger charge is 2.16. The summed E-state index contributed by atoms with van der Waals surface area (Å²) in [5.74, 6) is 0. The molecule has 1 aromatic heterocycles. The summed E-state index contributed by atoms with van der Waals surface area (Å²) in [6.07, 6.45) is 1.83. The molecule has 0 saturated heterocycles. The van der Waals surface area contributed by atoms with Crippen molar-refractivity contribution in [1.29, 1.82) is 0 Å². The summed E-state index contributed by atoms with van der Waals surface area (Å²) < 4.78 is 1.32. The van der Waals surface area contributed by atoms with Gasteiger partial charge in [-0.05, 0) is 71.5 Å². The predicted molar refractivity (Wildman–Crippen MR) is 96.5 cm³/mol. The van der Waals surface area contributed by atoms with E-state index >= 15 is 0 Å². The van der Waals surface area contributed by atoms with Crippen LogP contribution in [0.2, 0.25) is 0 Å². The van der Waals surface area contributed by atoms with Gasteiger partial charge in [0.25, 0.3) is 0 Å². The topological polar surface area (TPSA) is 24.9 Å². The van der Waals surface area contributed by atoms with Gasteiger partial charge >= 0.3 is 0 Å². The molecule has 3 rings (SSSR count). The minimum Gasteiger partial charge on any atom is -0.309 e. The zero-order chi connectivity index (χ0) is 14.8. The molecule has 0 aliphatic rings. The average molecular weight is 388 g/mol. The Morgan fingerprint density at radius 3 is 2.76 bits per heavy atom. The number of hydrogen-bond acceptors (Lipinski definition) is 2. The fraction of sp³-hybridized carbons (Fsp3) is 0.167. The van der Waals surface area contributed by atoms with Crippen LogP contribution < -0.4 is 5.32 Å². The van der Waals surface area contributed by atoms with Crippen molar-refractivity contribution in [2.24, 2.45) is 0 Å². The van der Waals surface area contributed by atoms with Gasteiger partial charge in [0, 0.05) is 15.2 Å². The Morgan fingerprint density at radius 1 is 1.10 bits per heavy atom. The molecule has 0 bridgehead atoms. The normalized spacial score (nSPS) is 12.5. The Kier molecular flexibility index (Phi) is 4.22. The summed E-state index contributed by atoms with van der Waals surface area (Å²) in [6.45, 7) is 2.16. The van der Waals surface area contributed by atoms with Crippen LogP contribution in [0.3, 0.4) is 0 Å². The van der Waals surface area contributed by atoms with Gasteiger partial charge < -0.3 is 5.32 Å². The summed E-state index contributed by atoms with van der Waals surface area (Å²) in [6, 6.07) is 17.2. The van der Waals surface area contributed by atoms with Gasteiger partial charge in [-0.15, -0.1) is 0 Å². The summed E-state index contributed by atoms with van der Waals surface area (Å²) in [7, 11) is 2.01. The van der Waals surface area contributed by atoms with Crippen LogP contribution in [-0.2, 0) is 0 Å². The summed E-state index contributed by atoms with van der Waals surface area (Å²) >= 11 is 2.44. The van der Waals surface area contributed by atoms with Gasteiger partial charge in [0.05, 0.1) is 11.6 Å². The second-order valence-electron chi connectivity index (χ2n) is 5.16. The summed E-state index contributed by atoms with van der Waals surface area (Å²) in [5, 5.41) is 4.62. The quantitative estimate of drug-likeness (QED) is 0.671. The molecular formula is C18H17IN2. The van der Waals surface area contributed by atoms with Gasteiger partial charge in [-0.2, -0.15) is 0 Å². The number of fused-ring (bicyclic) bond motifs is 1. The Labute approximate surface area is 138 Å². The van der Waals surface area contributed by atoms with E-state index < -0.39 is 0 Å². The maximum absolute atomic E-state index is 4.39. The SMILES string of the molecule is CNC(c1ccc2ncccc2c1)c1cccc(C)c1I. The van der Waals surface area contributed by atoms with Crippen molar-refractivity contribution in [3.63, 3.8) is 0 Å². The molecule has 0 fully saturated rings. The van der Waals surface area contributed by atoms with Crippen LogP contribution in [0.5, 0.6) is 0 Å². The first-order chi connectivity index (χ1) is 10.2. The Bertz CT molecular complexity index is 783. The lowest BCUT2D eigenvalue weighted by Gasteiger charge is -2.20. The van der Waals surface area contributed by atoms with E-state index in [1.165, 1.54) is 25.6 Å². The molecule has 1 heterocycles. The molecule has 0 amide bonds. The van der Waals surface area contributed by atoms with Gasteiger partial charge in [-0.3, -0.25) is 4.98 Å². The lowest BCUT2D eigenvalue weighted by molar-refractivity contribution is 0.688. The van der Waals surface area contributed by atoms with Crippen molar-refractivity contribution in [1.82, 2.24) is 10.3 Å². The number of nitrogens with one attached hydrogen (secondary N) is 1. The van der Waals surface area contributed by atoms with Gasteiger partial charge in [0.2, 0.25) is 0 Å². The van der Waals surface area contributed by atoms with E-state index in [1.54, 1.807) is 0 Å². The molecule has 3 heteroatoms. The van der Waals surface area contributed by atoms with Crippen molar-refractivity contribution >= 4 is 33.5 Å². The summed E-state index contributed by atoms with van der Waals surface area (Å²) in [4.78, 5) is 4.39. The molecular weight excluding hydrogens is 371 g/mol. The third-order valence-electron chi connectivity index (χ3n) is 3.78. The van der Waals surface area contributed by atoms with Crippen molar-refractivity contribution in [3.05, 3.63) is 75.0 Å². The zero-order valence-corrected chi connectivity index (χ0v) is 14.3. The van der Waals surface area contributed by atoms with Gasteiger partial charge in [0.1, 0.15) is 0 Å². The summed E-state index contributed by atoms with van der Waals surface area (Å²) in [5.41, 5.74) is 4.94. The molecule has 1 atom stereocenters. The van der Waals surface area contributed by atoms with Crippen LogP contribution in [0.4, 0.5) is 0 Å². The smallest absolute Gasteiger partial charge is 0.0702 e. The maximum atomic E-state index is 4.39. The van der Waals surface area contributed by atoms with Crippen molar-refractivity contribution < 1.29 is 0 Å². The lowest BCUT2D eigenvalue weighted by atomic mass is 9.96. The van der Waals surface area contributed by atoms with Gasteiger partial charge in [-0.25, -0.2) is 0 Å². The number of rotatable bonds is 3. The average Bonchev–Trinajstić information content (AvgIpc) is 2.52. The zero-order valence-electron chi connectivity index (χ0n) is 12.1. The number of nitrogens with zero attached hydrogens (tertiary/aromatic N) is 1. The molecule has 1 N–H and O–H groups in total. The highest BCUT2D eigenvalue weighted by molar-refractivity contribution is 14.1. The monoisotopic (exact) mass is 388 g/mol. The number of benzene rings is 2. The maximum Gasteiger partial charge on any atom is 0.0702 e. The van der Waals surface area contributed by atoms with E-state index in [1.807, 2.05) is 19.3 Å². The second-order valence-corrected chi connectivity index (χ2v) is 6.23. The number of aromatic nitrogens is 1. The third kappa shape index (κ3) is 2.80. The van der Waals surface area contributed by atoms with E-state index in [-0.39, 0.29) is 6.04 Å². The molecule has 21 heavy (non-hydrogen) atoms. The highest BCUT2D eigenvalue weighted by atomic mass is 127. The molecule has 3 aromatic rings. The number of hydrogen-bond donors (Lipinski definition) is 1. The Hall–Kier alpha value is -1.46. The molecule has 0 aliphatic heterocycles. The van der Waals surface area contributed by atoms with E-state index in [0.717, 1.165) is 5.52 Å². The largest absolute Gasteiger partial charge is 0.309 e. The standard InChI is InChI=1S/C18H17IN2/c1-12-5-3-7-15(17(12)19)18(20-2)14-8-9-16-13(11-14)6-4-10-21-16/h3-11,18,20H,1-2H3. The minimum atomic E-state index is 0.196. The lowest BCUT2D eigenvalue weighted by Crippen LogP contribution is -2.19. The minimum absolute atomic E-state index is 0.196. The van der Waals surface area contributed by atoms with Crippen molar-refractivity contribution in [2.45, 2.75) is 13.0 Å². The molecule has 0 aliphatic carbocycles. The fourth-order valence-electron chi connectivity index (χ4n) is 2.67. The van der Waals surface area contributed by atoms with E-state index in [2.05, 4.69) is 82.3 Å². The Balaban J connectivity index is 2.11.